The standard InChI is InChI=1S/C25H23FN2O4/c1-25(2,3)16-4-5-17-19(9-16)20(24(31)28-23(17)30)12-27-11-15-8-22(29)18(10-21(15)26)14-6-7-32-13-14/h4-10,12-13,29H,11H2,1-3H3,(H2,28,30,31). The van der Waals surface area contributed by atoms with Crippen molar-refractivity contribution in [2.45, 2.75) is 32.7 Å². The fourth-order valence-electron chi connectivity index (χ4n) is 3.54. The minimum atomic E-state index is -0.526. The van der Waals surface area contributed by atoms with Crippen molar-refractivity contribution in [3.63, 3.8) is 0 Å². The summed E-state index contributed by atoms with van der Waals surface area (Å²) in [4.78, 5) is 19.0. The van der Waals surface area contributed by atoms with E-state index in [1.807, 2.05) is 12.1 Å². The van der Waals surface area contributed by atoms with Crippen LogP contribution in [-0.4, -0.2) is 21.4 Å². The van der Waals surface area contributed by atoms with Crippen LogP contribution in [0.4, 0.5) is 4.39 Å². The number of phenolic OH excluding ortho intramolecular Hbond substituents is 1. The largest absolute Gasteiger partial charge is 0.507 e. The number of rotatable bonds is 4. The Balaban J connectivity index is 1.70. The van der Waals surface area contributed by atoms with Gasteiger partial charge >= 0.3 is 0 Å². The molecular weight excluding hydrogens is 411 g/mol. The van der Waals surface area contributed by atoms with Gasteiger partial charge in [0.1, 0.15) is 11.6 Å². The Hall–Kier alpha value is -3.87. The van der Waals surface area contributed by atoms with Crippen molar-refractivity contribution in [2.24, 2.45) is 4.99 Å². The fourth-order valence-corrected chi connectivity index (χ4v) is 3.54. The third-order valence-corrected chi connectivity index (χ3v) is 5.39. The number of halogens is 1. The van der Waals surface area contributed by atoms with Gasteiger partial charge in [0.2, 0.25) is 5.88 Å². The molecule has 0 aliphatic rings. The lowest BCUT2D eigenvalue weighted by Crippen LogP contribution is -2.13. The molecule has 3 N–H and O–H groups in total. The van der Waals surface area contributed by atoms with Crippen LogP contribution in [0.25, 0.3) is 21.9 Å². The Morgan fingerprint density at radius 1 is 1.12 bits per heavy atom. The van der Waals surface area contributed by atoms with E-state index in [1.165, 1.54) is 30.9 Å². The van der Waals surface area contributed by atoms with Crippen molar-refractivity contribution in [3.05, 3.63) is 81.8 Å². The lowest BCUT2D eigenvalue weighted by atomic mass is 9.85. The number of aromatic amines is 1. The molecule has 7 heteroatoms. The van der Waals surface area contributed by atoms with Gasteiger partial charge in [0, 0.05) is 33.7 Å². The van der Waals surface area contributed by atoms with Crippen LogP contribution in [0.15, 0.2) is 63.1 Å². The number of nitrogens with zero attached hydrogens (tertiary/aromatic N) is 1. The minimum Gasteiger partial charge on any atom is -0.507 e. The maximum atomic E-state index is 14.6. The molecule has 0 bridgehead atoms. The molecule has 0 amide bonds. The zero-order valence-corrected chi connectivity index (χ0v) is 17.9. The van der Waals surface area contributed by atoms with E-state index < -0.39 is 11.4 Å². The highest BCUT2D eigenvalue weighted by atomic mass is 19.1. The van der Waals surface area contributed by atoms with E-state index in [9.17, 15) is 19.4 Å². The van der Waals surface area contributed by atoms with Crippen molar-refractivity contribution in [1.29, 1.82) is 0 Å². The number of H-pyrrole nitrogens is 1. The topological polar surface area (TPSA) is 98.8 Å². The first-order chi connectivity index (χ1) is 15.1. The molecule has 6 nitrogen and oxygen atoms in total. The van der Waals surface area contributed by atoms with Crippen LogP contribution >= 0.6 is 0 Å². The van der Waals surface area contributed by atoms with Crippen molar-refractivity contribution >= 4 is 17.0 Å². The number of aromatic hydroxyl groups is 2. The normalized spacial score (nSPS) is 12.1. The quantitative estimate of drug-likeness (QED) is 0.382. The van der Waals surface area contributed by atoms with Crippen LogP contribution < -0.4 is 5.56 Å². The Morgan fingerprint density at radius 2 is 1.91 bits per heavy atom. The summed E-state index contributed by atoms with van der Waals surface area (Å²) in [6.07, 6.45) is 4.26. The van der Waals surface area contributed by atoms with Gasteiger partial charge in [-0.3, -0.25) is 14.8 Å². The van der Waals surface area contributed by atoms with Gasteiger partial charge in [-0.1, -0.05) is 26.8 Å². The van der Waals surface area contributed by atoms with Crippen molar-refractivity contribution < 1.29 is 19.0 Å². The number of fused-ring (bicyclic) bond motifs is 1. The number of phenols is 1. The molecule has 32 heavy (non-hydrogen) atoms. The number of pyridine rings is 1. The third-order valence-electron chi connectivity index (χ3n) is 5.39. The SMILES string of the molecule is CC(C)(C)c1ccc2c(=O)[nH]c(O)c(C=NCc3cc(O)c(-c4ccoc4)cc3F)c2c1. The summed E-state index contributed by atoms with van der Waals surface area (Å²) in [7, 11) is 0. The molecule has 0 saturated heterocycles. The number of benzene rings is 2. The molecule has 2 aromatic heterocycles. The number of nitrogens with one attached hydrogen (secondary N) is 1. The van der Waals surface area contributed by atoms with Gasteiger partial charge in [0.25, 0.3) is 5.56 Å². The molecular formula is C25H23FN2O4. The Bertz CT molecular complexity index is 1380. The van der Waals surface area contributed by atoms with Crippen LogP contribution in [0.3, 0.4) is 0 Å². The molecule has 164 valence electrons. The van der Waals surface area contributed by atoms with E-state index in [2.05, 4.69) is 30.7 Å². The van der Waals surface area contributed by atoms with E-state index in [4.69, 9.17) is 4.42 Å². The van der Waals surface area contributed by atoms with E-state index in [0.29, 0.717) is 27.5 Å². The van der Waals surface area contributed by atoms with Gasteiger partial charge in [0.05, 0.1) is 24.6 Å². The predicted molar refractivity (Wildman–Crippen MR) is 122 cm³/mol. The first-order valence-corrected chi connectivity index (χ1v) is 10.1. The number of aliphatic imine (C=N–C) groups is 1. The summed E-state index contributed by atoms with van der Waals surface area (Å²) in [5, 5.41) is 21.6. The Morgan fingerprint density at radius 3 is 2.59 bits per heavy atom. The summed E-state index contributed by atoms with van der Waals surface area (Å²) < 4.78 is 19.6. The minimum absolute atomic E-state index is 0.0654. The number of hydrogen-bond donors (Lipinski definition) is 3. The summed E-state index contributed by atoms with van der Waals surface area (Å²) >= 11 is 0. The molecule has 4 aromatic rings. The molecule has 0 spiro atoms. The summed E-state index contributed by atoms with van der Waals surface area (Å²) in [5.41, 5.74) is 1.85. The number of hydrogen-bond acceptors (Lipinski definition) is 5. The smallest absolute Gasteiger partial charge is 0.258 e. The van der Waals surface area contributed by atoms with E-state index in [-0.39, 0.29) is 29.2 Å². The molecule has 0 unspecified atom stereocenters. The second-order valence-corrected chi connectivity index (χ2v) is 8.67. The van der Waals surface area contributed by atoms with Crippen molar-refractivity contribution in [1.82, 2.24) is 4.98 Å². The highest BCUT2D eigenvalue weighted by Gasteiger charge is 2.17. The van der Waals surface area contributed by atoms with Crippen molar-refractivity contribution in [3.8, 4) is 22.8 Å². The molecule has 2 heterocycles. The molecule has 2 aromatic carbocycles. The summed E-state index contributed by atoms with van der Waals surface area (Å²) in [5.74, 6) is -0.928. The maximum Gasteiger partial charge on any atom is 0.258 e. The molecule has 0 fully saturated rings. The monoisotopic (exact) mass is 434 g/mol. The van der Waals surface area contributed by atoms with Gasteiger partial charge in [-0.2, -0.15) is 0 Å². The zero-order chi connectivity index (χ0) is 23.0. The molecule has 0 atom stereocenters. The molecule has 0 saturated carbocycles. The maximum absolute atomic E-state index is 14.6. The molecule has 4 rings (SSSR count). The van der Waals surface area contributed by atoms with E-state index in [1.54, 1.807) is 12.1 Å². The van der Waals surface area contributed by atoms with Gasteiger partial charge < -0.3 is 14.6 Å². The first-order valence-electron chi connectivity index (χ1n) is 10.1. The Kier molecular flexibility index (Phi) is 5.34. The number of furan rings is 1. The first kappa shape index (κ1) is 21.4. The fraction of sp³-hybridized carbons (Fsp3) is 0.200. The van der Waals surface area contributed by atoms with E-state index >= 15 is 0 Å². The van der Waals surface area contributed by atoms with Gasteiger partial charge in [0.15, 0.2) is 0 Å². The second kappa shape index (κ2) is 8.00. The molecule has 0 aliphatic carbocycles. The highest BCUT2D eigenvalue weighted by molar-refractivity contribution is 6.01. The molecule has 0 radical (unpaired) electrons. The lowest BCUT2D eigenvalue weighted by Gasteiger charge is -2.19. The van der Waals surface area contributed by atoms with Crippen molar-refractivity contribution in [2.75, 3.05) is 0 Å². The highest BCUT2D eigenvalue weighted by Crippen LogP contribution is 2.32. The Labute approximate surface area is 183 Å². The van der Waals surface area contributed by atoms with Gasteiger partial charge in [-0.05, 0) is 41.3 Å². The average molecular weight is 434 g/mol. The average Bonchev–Trinajstić information content (AvgIpc) is 3.26. The predicted octanol–water partition coefficient (Wildman–Crippen LogP) is 5.26. The zero-order valence-electron chi connectivity index (χ0n) is 17.9. The van der Waals surface area contributed by atoms with E-state index in [0.717, 1.165) is 5.56 Å². The van der Waals surface area contributed by atoms with Gasteiger partial charge in [-0.15, -0.1) is 0 Å². The molecule has 0 aliphatic heterocycles. The lowest BCUT2D eigenvalue weighted by molar-refractivity contribution is 0.452. The summed E-state index contributed by atoms with van der Waals surface area (Å²) in [6, 6.07) is 9.64. The van der Waals surface area contributed by atoms with Crippen LogP contribution in [0.5, 0.6) is 11.6 Å². The van der Waals surface area contributed by atoms with Gasteiger partial charge in [-0.25, -0.2) is 4.39 Å². The second-order valence-electron chi connectivity index (χ2n) is 8.67. The van der Waals surface area contributed by atoms with Crippen LogP contribution in [0.1, 0.15) is 37.5 Å². The number of aromatic nitrogens is 1. The van der Waals surface area contributed by atoms with Crippen LogP contribution in [-0.2, 0) is 12.0 Å². The third kappa shape index (κ3) is 4.01. The van der Waals surface area contributed by atoms with Crippen LogP contribution in [0, 0.1) is 5.82 Å². The van der Waals surface area contributed by atoms with Crippen LogP contribution in [0.2, 0.25) is 0 Å². The summed E-state index contributed by atoms with van der Waals surface area (Å²) in [6.45, 7) is 6.09.